The molecule has 0 bridgehead atoms. The Morgan fingerprint density at radius 1 is 1.04 bits per heavy atom. The molecule has 1 saturated heterocycles. The van der Waals surface area contributed by atoms with Gasteiger partial charge in [-0.1, -0.05) is 25.3 Å². The summed E-state index contributed by atoms with van der Waals surface area (Å²) >= 11 is 0. The molecule has 0 radical (unpaired) electrons. The van der Waals surface area contributed by atoms with Gasteiger partial charge < -0.3 is 29.2 Å². The predicted octanol–water partition coefficient (Wildman–Crippen LogP) is 4.23. The van der Waals surface area contributed by atoms with Crippen LogP contribution in [0.1, 0.15) is 59.5 Å². The van der Waals surface area contributed by atoms with E-state index in [0.29, 0.717) is 50.2 Å². The molecule has 1 saturated carbocycles. The third-order valence-electron chi connectivity index (χ3n) is 9.52. The van der Waals surface area contributed by atoms with Crippen LogP contribution in [-0.2, 0) is 21.5 Å². The fraction of sp³-hybridized carbons (Fsp3) is 0.486. The Labute approximate surface area is 282 Å². The molecule has 13 heteroatoms. The summed E-state index contributed by atoms with van der Waals surface area (Å²) in [4.78, 5) is 30.9. The van der Waals surface area contributed by atoms with E-state index in [1.807, 2.05) is 38.4 Å². The van der Waals surface area contributed by atoms with E-state index in [9.17, 15) is 18.0 Å². The summed E-state index contributed by atoms with van der Waals surface area (Å²) < 4.78 is 41.9. The Bertz CT molecular complexity index is 1840. The summed E-state index contributed by atoms with van der Waals surface area (Å²) in [5.74, 6) is 0.322. The first-order valence-corrected chi connectivity index (χ1v) is 18.0. The fourth-order valence-electron chi connectivity index (χ4n) is 7.16. The average molecular weight is 679 g/mol. The minimum atomic E-state index is -3.98. The summed E-state index contributed by atoms with van der Waals surface area (Å²) in [6.45, 7) is 2.50. The highest BCUT2D eigenvalue weighted by atomic mass is 32.2. The number of amides is 3. The van der Waals surface area contributed by atoms with Gasteiger partial charge in [0, 0.05) is 61.5 Å². The van der Waals surface area contributed by atoms with Crippen molar-refractivity contribution in [1.29, 1.82) is 0 Å². The van der Waals surface area contributed by atoms with Crippen LogP contribution in [0.3, 0.4) is 0 Å². The monoisotopic (exact) mass is 678 g/mol. The number of likely N-dealkylation sites (N-methyl/N-ethyl adjacent to an activating group) is 1. The molecule has 3 heterocycles. The summed E-state index contributed by atoms with van der Waals surface area (Å²) in [5.41, 5.74) is 5.94. The predicted molar refractivity (Wildman–Crippen MR) is 186 cm³/mol. The van der Waals surface area contributed by atoms with E-state index in [1.165, 1.54) is 26.1 Å². The number of allylic oxidation sites excluding steroid dienone is 1. The lowest BCUT2D eigenvalue weighted by Crippen LogP contribution is -2.51. The minimum absolute atomic E-state index is 0.0773. The maximum atomic E-state index is 13.8. The molecule has 2 fully saturated rings. The van der Waals surface area contributed by atoms with Gasteiger partial charge >= 0.3 is 16.2 Å². The van der Waals surface area contributed by atoms with Gasteiger partial charge in [0.1, 0.15) is 5.75 Å². The lowest BCUT2D eigenvalue weighted by Gasteiger charge is -2.34. The first kappa shape index (κ1) is 34.0. The molecule has 1 aromatic heterocycles. The van der Waals surface area contributed by atoms with Gasteiger partial charge in [-0.2, -0.15) is 12.7 Å². The van der Waals surface area contributed by atoms with E-state index in [2.05, 4.69) is 25.6 Å². The van der Waals surface area contributed by atoms with Crippen molar-refractivity contribution in [1.82, 2.24) is 28.7 Å². The lowest BCUT2D eigenvalue weighted by molar-refractivity contribution is -0.0243. The first-order chi connectivity index (χ1) is 22.9. The van der Waals surface area contributed by atoms with Crippen molar-refractivity contribution < 1.29 is 27.5 Å². The topological polar surface area (TPSA) is 125 Å². The molecule has 2 N–H and O–H groups in total. The van der Waals surface area contributed by atoms with Crippen molar-refractivity contribution in [3.63, 3.8) is 0 Å². The van der Waals surface area contributed by atoms with Gasteiger partial charge in [0.15, 0.2) is 0 Å². The molecule has 0 spiro atoms. The number of aromatic nitrogens is 1. The molecule has 1 atom stereocenters. The summed E-state index contributed by atoms with van der Waals surface area (Å²) in [6.07, 6.45) is 7.54. The van der Waals surface area contributed by atoms with Crippen LogP contribution in [0, 0.1) is 0 Å². The average Bonchev–Trinajstić information content (AvgIpc) is 3.28. The van der Waals surface area contributed by atoms with Crippen molar-refractivity contribution in [2.45, 2.75) is 50.7 Å². The zero-order valence-electron chi connectivity index (χ0n) is 28.4. The lowest BCUT2D eigenvalue weighted by atomic mass is 9.81. The maximum absolute atomic E-state index is 13.8. The number of fused-ring (bicyclic) bond motifs is 5. The standard InChI is InChI=1S/C35H46N6O6S/c1-38(2)21-28-22-40(15-16-47-28)35(43)36-26-17-25-18-27(46-5)12-14-29(25)33-32(23-9-7-6-8-10-23)30-13-11-24(19-31(30)41(33)20-26)34(42)37-48(44,45)39(3)4/h11-14,17-19,23,28H,6-10,15-16,20-22H2,1-5H3,(H,36,43)(H,37,42). The maximum Gasteiger partial charge on any atom is 0.321 e. The molecule has 2 aliphatic heterocycles. The number of rotatable bonds is 8. The summed E-state index contributed by atoms with van der Waals surface area (Å²) in [6, 6.07) is 11.2. The molecule has 3 amide bonds. The first-order valence-electron chi connectivity index (χ1n) is 16.6. The van der Waals surface area contributed by atoms with Gasteiger partial charge in [-0.25, -0.2) is 9.52 Å². The quantitative estimate of drug-likeness (QED) is 0.366. The van der Waals surface area contributed by atoms with Crippen LogP contribution in [0.25, 0.3) is 28.2 Å². The number of methoxy groups -OCH3 is 1. The molecule has 3 aliphatic rings. The summed E-state index contributed by atoms with van der Waals surface area (Å²) in [5, 5.41) is 4.24. The van der Waals surface area contributed by atoms with E-state index < -0.39 is 16.1 Å². The van der Waals surface area contributed by atoms with Gasteiger partial charge in [-0.05, 0) is 80.4 Å². The Balaban J connectivity index is 1.46. The fourth-order valence-corrected chi connectivity index (χ4v) is 7.70. The molecule has 12 nitrogen and oxygen atoms in total. The third kappa shape index (κ3) is 6.95. The number of morpholine rings is 1. The zero-order valence-corrected chi connectivity index (χ0v) is 29.2. The molecular weight excluding hydrogens is 632 g/mol. The smallest absolute Gasteiger partial charge is 0.321 e. The van der Waals surface area contributed by atoms with Gasteiger partial charge in [0.2, 0.25) is 0 Å². The van der Waals surface area contributed by atoms with Crippen LogP contribution in [0.15, 0.2) is 42.1 Å². The molecule has 3 aromatic rings. The molecule has 2 aromatic carbocycles. The van der Waals surface area contributed by atoms with E-state index in [1.54, 1.807) is 24.1 Å². The second kappa shape index (κ2) is 13.9. The number of hydrogen-bond donors (Lipinski definition) is 2. The van der Waals surface area contributed by atoms with Crippen molar-refractivity contribution in [3.05, 3.63) is 58.8 Å². The van der Waals surface area contributed by atoms with Crippen LogP contribution in [0.5, 0.6) is 5.75 Å². The van der Waals surface area contributed by atoms with Crippen LogP contribution in [-0.4, -0.2) is 107 Å². The van der Waals surface area contributed by atoms with Crippen molar-refractivity contribution in [2.24, 2.45) is 0 Å². The molecule has 258 valence electrons. The van der Waals surface area contributed by atoms with Crippen LogP contribution < -0.4 is 14.8 Å². The minimum Gasteiger partial charge on any atom is -0.497 e. The van der Waals surface area contributed by atoms with Crippen LogP contribution in [0.2, 0.25) is 0 Å². The molecule has 48 heavy (non-hydrogen) atoms. The number of carbonyl (C=O) groups excluding carboxylic acids is 2. The normalized spacial score (nSPS) is 18.7. The van der Waals surface area contributed by atoms with Gasteiger partial charge in [0.25, 0.3) is 5.91 Å². The van der Waals surface area contributed by atoms with E-state index in [-0.39, 0.29) is 17.7 Å². The van der Waals surface area contributed by atoms with Crippen LogP contribution >= 0.6 is 0 Å². The number of nitrogens with one attached hydrogen (secondary N) is 2. The number of hydrogen-bond acceptors (Lipinski definition) is 7. The highest BCUT2D eigenvalue weighted by molar-refractivity contribution is 7.87. The van der Waals surface area contributed by atoms with Crippen LogP contribution in [0.4, 0.5) is 4.79 Å². The Morgan fingerprint density at radius 2 is 1.81 bits per heavy atom. The molecule has 6 rings (SSSR count). The number of nitrogens with zero attached hydrogens (tertiary/aromatic N) is 4. The van der Waals surface area contributed by atoms with E-state index >= 15 is 0 Å². The zero-order chi connectivity index (χ0) is 34.2. The molecule has 1 unspecified atom stereocenters. The Kier molecular flexibility index (Phi) is 9.84. The SMILES string of the molecule is COc1ccc2c(c1)C=C(NC(=O)N1CCOC(CN(C)C)C1)Cn1c-2c(C2CCCCC2)c2ccc(C(=O)NS(=O)(=O)N(C)C)cc21. The Hall–Kier alpha value is -3.91. The van der Waals surface area contributed by atoms with Crippen molar-refractivity contribution in [3.8, 4) is 17.0 Å². The second-order valence-electron chi connectivity index (χ2n) is 13.4. The van der Waals surface area contributed by atoms with E-state index in [4.69, 9.17) is 9.47 Å². The number of carbonyl (C=O) groups is 2. The number of ether oxygens (including phenoxy) is 2. The number of benzene rings is 2. The highest BCUT2D eigenvalue weighted by Gasteiger charge is 2.31. The van der Waals surface area contributed by atoms with Crippen molar-refractivity contribution >= 4 is 39.1 Å². The van der Waals surface area contributed by atoms with Gasteiger partial charge in [-0.15, -0.1) is 0 Å². The Morgan fingerprint density at radius 3 is 2.52 bits per heavy atom. The highest BCUT2D eigenvalue weighted by Crippen LogP contribution is 2.47. The second-order valence-corrected chi connectivity index (χ2v) is 15.3. The summed E-state index contributed by atoms with van der Waals surface area (Å²) in [7, 11) is 4.37. The van der Waals surface area contributed by atoms with Crippen molar-refractivity contribution in [2.75, 3.05) is 61.5 Å². The van der Waals surface area contributed by atoms with E-state index in [0.717, 1.165) is 57.7 Å². The number of urea groups is 1. The largest absolute Gasteiger partial charge is 0.497 e. The third-order valence-corrected chi connectivity index (χ3v) is 10.9. The van der Waals surface area contributed by atoms with Gasteiger partial charge in [-0.3, -0.25) is 4.79 Å². The van der Waals surface area contributed by atoms with Gasteiger partial charge in [0.05, 0.1) is 32.1 Å². The molecule has 1 aliphatic carbocycles. The molecular formula is C35H46N6O6S.